The Balaban J connectivity index is 2.51. The molecule has 0 spiro atoms. The molecule has 5 nitrogen and oxygen atoms in total. The van der Waals surface area contributed by atoms with Crippen LogP contribution >= 0.6 is 0 Å². The van der Waals surface area contributed by atoms with E-state index in [4.69, 9.17) is 10.5 Å². The molecular formula is C12H25N3O2. The second kappa shape index (κ2) is 6.33. The number of rotatable bonds is 9. The molecule has 100 valence electrons. The van der Waals surface area contributed by atoms with Gasteiger partial charge in [-0.05, 0) is 39.3 Å². The predicted octanol–water partition coefficient (Wildman–Crippen LogP) is -0.192. The number of hydrogen-bond acceptors (Lipinski definition) is 4. The van der Waals surface area contributed by atoms with Crippen LogP contribution in [0.15, 0.2) is 0 Å². The molecule has 1 rings (SSSR count). The van der Waals surface area contributed by atoms with Crippen molar-refractivity contribution in [1.29, 1.82) is 0 Å². The molecule has 5 heteroatoms. The summed E-state index contributed by atoms with van der Waals surface area (Å²) in [6, 6.07) is 0. The first-order valence-corrected chi connectivity index (χ1v) is 6.23. The van der Waals surface area contributed by atoms with Gasteiger partial charge in [0.1, 0.15) is 5.54 Å². The summed E-state index contributed by atoms with van der Waals surface area (Å²) >= 11 is 0. The minimum Gasteiger partial charge on any atom is -0.385 e. The first-order valence-electron chi connectivity index (χ1n) is 6.23. The Hall–Kier alpha value is -0.650. The summed E-state index contributed by atoms with van der Waals surface area (Å²) in [7, 11) is 5.55. The van der Waals surface area contributed by atoms with Gasteiger partial charge in [-0.25, -0.2) is 0 Å². The standard InChI is InChI=1S/C12H25N3O2/c1-14-12(11(13)16,10-5-6-10)9-15(2)7-4-8-17-3/h10,14H,4-9H2,1-3H3,(H2,13,16). The van der Waals surface area contributed by atoms with Crippen LogP contribution in [-0.4, -0.2) is 57.2 Å². The van der Waals surface area contributed by atoms with E-state index in [-0.39, 0.29) is 5.91 Å². The van der Waals surface area contributed by atoms with Gasteiger partial charge >= 0.3 is 0 Å². The largest absolute Gasteiger partial charge is 0.385 e. The zero-order valence-corrected chi connectivity index (χ0v) is 11.2. The maximum absolute atomic E-state index is 11.7. The molecule has 0 radical (unpaired) electrons. The van der Waals surface area contributed by atoms with Gasteiger partial charge in [0, 0.05) is 26.8 Å². The summed E-state index contributed by atoms with van der Waals surface area (Å²) in [6.07, 6.45) is 3.15. The van der Waals surface area contributed by atoms with E-state index in [0.29, 0.717) is 12.5 Å². The second-order valence-electron chi connectivity index (χ2n) is 4.94. The van der Waals surface area contributed by atoms with Crippen molar-refractivity contribution in [2.45, 2.75) is 24.8 Å². The summed E-state index contributed by atoms with van der Waals surface area (Å²) in [5, 5.41) is 3.15. The van der Waals surface area contributed by atoms with Crippen molar-refractivity contribution in [3.8, 4) is 0 Å². The highest BCUT2D eigenvalue weighted by atomic mass is 16.5. The highest BCUT2D eigenvalue weighted by molar-refractivity contribution is 5.85. The van der Waals surface area contributed by atoms with Gasteiger partial charge in [-0.3, -0.25) is 4.79 Å². The third-order valence-corrected chi connectivity index (χ3v) is 3.57. The lowest BCUT2D eigenvalue weighted by Gasteiger charge is -2.34. The predicted molar refractivity (Wildman–Crippen MR) is 67.7 cm³/mol. The van der Waals surface area contributed by atoms with Crippen LogP contribution in [0.3, 0.4) is 0 Å². The number of nitrogens with zero attached hydrogens (tertiary/aromatic N) is 1. The molecule has 0 saturated heterocycles. The van der Waals surface area contributed by atoms with Crippen LogP contribution in [0.2, 0.25) is 0 Å². The molecule has 3 N–H and O–H groups in total. The maximum atomic E-state index is 11.7. The number of amides is 1. The molecule has 1 unspecified atom stereocenters. The average Bonchev–Trinajstić information content (AvgIpc) is 3.10. The van der Waals surface area contributed by atoms with Crippen LogP contribution < -0.4 is 11.1 Å². The lowest BCUT2D eigenvalue weighted by Crippen LogP contribution is -2.61. The van der Waals surface area contributed by atoms with Crippen LogP contribution in [0, 0.1) is 5.92 Å². The van der Waals surface area contributed by atoms with Crippen molar-refractivity contribution >= 4 is 5.91 Å². The lowest BCUT2D eigenvalue weighted by atomic mass is 9.91. The zero-order valence-electron chi connectivity index (χ0n) is 11.2. The van der Waals surface area contributed by atoms with E-state index in [1.54, 1.807) is 7.11 Å². The van der Waals surface area contributed by atoms with E-state index in [1.165, 1.54) is 0 Å². The molecule has 0 bridgehead atoms. The Bertz CT molecular complexity index is 256. The normalized spacial score (nSPS) is 19.3. The van der Waals surface area contributed by atoms with Gasteiger partial charge in [0.2, 0.25) is 5.91 Å². The van der Waals surface area contributed by atoms with Gasteiger partial charge in [-0.2, -0.15) is 0 Å². The first kappa shape index (κ1) is 14.4. The van der Waals surface area contributed by atoms with Crippen LogP contribution in [0.1, 0.15) is 19.3 Å². The number of carbonyl (C=O) groups is 1. The van der Waals surface area contributed by atoms with E-state index < -0.39 is 5.54 Å². The molecule has 0 aromatic carbocycles. The van der Waals surface area contributed by atoms with E-state index in [0.717, 1.165) is 32.4 Å². The van der Waals surface area contributed by atoms with Crippen molar-refractivity contribution < 1.29 is 9.53 Å². The Morgan fingerprint density at radius 2 is 2.24 bits per heavy atom. The van der Waals surface area contributed by atoms with Crippen LogP contribution in [0.5, 0.6) is 0 Å². The van der Waals surface area contributed by atoms with Crippen molar-refractivity contribution in [1.82, 2.24) is 10.2 Å². The molecule has 0 aromatic rings. The van der Waals surface area contributed by atoms with Gasteiger partial charge < -0.3 is 20.7 Å². The van der Waals surface area contributed by atoms with Crippen molar-refractivity contribution in [2.75, 3.05) is 40.9 Å². The minimum atomic E-state index is -0.554. The van der Waals surface area contributed by atoms with Gasteiger partial charge in [0.25, 0.3) is 0 Å². The Labute approximate surface area is 104 Å². The summed E-state index contributed by atoms with van der Waals surface area (Å²) in [4.78, 5) is 13.9. The molecule has 1 amide bonds. The van der Waals surface area contributed by atoms with E-state index in [9.17, 15) is 4.79 Å². The third kappa shape index (κ3) is 3.66. The smallest absolute Gasteiger partial charge is 0.239 e. The zero-order chi connectivity index (χ0) is 12.9. The van der Waals surface area contributed by atoms with Crippen molar-refractivity contribution in [3.63, 3.8) is 0 Å². The quantitative estimate of drug-likeness (QED) is 0.551. The Kier molecular flexibility index (Phi) is 5.36. The third-order valence-electron chi connectivity index (χ3n) is 3.57. The number of carbonyl (C=O) groups excluding carboxylic acids is 1. The summed E-state index contributed by atoms with van der Waals surface area (Å²) in [5.74, 6) is 0.163. The molecule has 0 aromatic heterocycles. The van der Waals surface area contributed by atoms with Gasteiger partial charge in [0.05, 0.1) is 0 Å². The fraction of sp³-hybridized carbons (Fsp3) is 0.917. The minimum absolute atomic E-state index is 0.235. The first-order chi connectivity index (χ1) is 8.06. The summed E-state index contributed by atoms with van der Waals surface area (Å²) < 4.78 is 5.02. The molecule has 0 heterocycles. The molecule has 1 atom stereocenters. The molecule has 1 fully saturated rings. The van der Waals surface area contributed by atoms with E-state index in [1.807, 2.05) is 14.1 Å². The summed E-state index contributed by atoms with van der Waals surface area (Å²) in [5.41, 5.74) is 5.02. The van der Waals surface area contributed by atoms with Crippen LogP contribution in [0.4, 0.5) is 0 Å². The maximum Gasteiger partial charge on any atom is 0.239 e. The lowest BCUT2D eigenvalue weighted by molar-refractivity contribution is -0.125. The number of ether oxygens (including phenoxy) is 1. The Morgan fingerprint density at radius 3 is 2.65 bits per heavy atom. The van der Waals surface area contributed by atoms with Crippen molar-refractivity contribution in [2.24, 2.45) is 11.7 Å². The van der Waals surface area contributed by atoms with Crippen LogP contribution in [-0.2, 0) is 9.53 Å². The molecule has 17 heavy (non-hydrogen) atoms. The van der Waals surface area contributed by atoms with E-state index in [2.05, 4.69) is 10.2 Å². The van der Waals surface area contributed by atoms with Crippen LogP contribution in [0.25, 0.3) is 0 Å². The Morgan fingerprint density at radius 1 is 1.59 bits per heavy atom. The fourth-order valence-corrected chi connectivity index (χ4v) is 2.37. The monoisotopic (exact) mass is 243 g/mol. The van der Waals surface area contributed by atoms with E-state index >= 15 is 0 Å². The average molecular weight is 243 g/mol. The molecule has 1 aliphatic rings. The number of likely N-dealkylation sites (N-methyl/N-ethyl adjacent to an activating group) is 2. The number of nitrogens with two attached hydrogens (primary N) is 1. The van der Waals surface area contributed by atoms with Gasteiger partial charge in [-0.1, -0.05) is 0 Å². The summed E-state index contributed by atoms with van der Waals surface area (Å²) in [6.45, 7) is 2.33. The van der Waals surface area contributed by atoms with Gasteiger partial charge in [-0.15, -0.1) is 0 Å². The second-order valence-corrected chi connectivity index (χ2v) is 4.94. The topological polar surface area (TPSA) is 67.6 Å². The SMILES string of the molecule is CNC(CN(C)CCCOC)(C(N)=O)C1CC1. The highest BCUT2D eigenvalue weighted by Crippen LogP contribution is 2.39. The fourth-order valence-electron chi connectivity index (χ4n) is 2.37. The highest BCUT2D eigenvalue weighted by Gasteiger charge is 2.49. The van der Waals surface area contributed by atoms with Crippen molar-refractivity contribution in [3.05, 3.63) is 0 Å². The number of methoxy groups -OCH3 is 1. The molecule has 1 saturated carbocycles. The number of primary amides is 1. The van der Waals surface area contributed by atoms with Gasteiger partial charge in [0.15, 0.2) is 0 Å². The number of hydrogen-bond donors (Lipinski definition) is 2. The number of nitrogens with one attached hydrogen (secondary N) is 1. The molecular weight excluding hydrogens is 218 g/mol. The molecule has 0 aliphatic heterocycles. The molecule has 1 aliphatic carbocycles.